The number of nitrogens with zero attached hydrogens (tertiary/aromatic N) is 1. The topological polar surface area (TPSA) is 88.5 Å². The Kier molecular flexibility index (Phi) is 3.24. The zero-order chi connectivity index (χ0) is 12.3. The molecule has 2 aromatic heterocycles. The lowest BCUT2D eigenvalue weighted by molar-refractivity contribution is 0.0659. The molecule has 90 valence electrons. The first-order valence-electron chi connectivity index (χ1n) is 5.09. The summed E-state index contributed by atoms with van der Waals surface area (Å²) < 4.78 is 9.87. The predicted molar refractivity (Wildman–Crippen MR) is 57.5 cm³/mol. The van der Waals surface area contributed by atoms with Gasteiger partial charge in [-0.3, -0.25) is 0 Å². The summed E-state index contributed by atoms with van der Waals surface area (Å²) in [4.78, 5) is 10.8. The molecule has 0 saturated heterocycles. The van der Waals surface area contributed by atoms with E-state index in [0.29, 0.717) is 24.4 Å². The number of hydrogen-bond donors (Lipinski definition) is 2. The molecule has 0 bridgehead atoms. The van der Waals surface area contributed by atoms with Gasteiger partial charge in [0.15, 0.2) is 0 Å². The molecule has 0 fully saturated rings. The molecule has 0 aliphatic heterocycles. The van der Waals surface area contributed by atoms with Crippen LogP contribution in [0.25, 0.3) is 0 Å². The van der Waals surface area contributed by atoms with E-state index in [2.05, 4.69) is 15.0 Å². The van der Waals surface area contributed by atoms with Gasteiger partial charge in [-0.1, -0.05) is 5.16 Å². The van der Waals surface area contributed by atoms with Crippen molar-refractivity contribution in [2.24, 2.45) is 0 Å². The van der Waals surface area contributed by atoms with Crippen LogP contribution in [-0.4, -0.2) is 16.2 Å². The minimum atomic E-state index is -1.05. The molecule has 0 atom stereocenters. The maximum Gasteiger partial charge on any atom is 0.372 e. The number of carboxylic acid groups (broad SMARTS) is 1. The minimum absolute atomic E-state index is 0.0109. The molecule has 0 unspecified atom stereocenters. The van der Waals surface area contributed by atoms with E-state index in [-0.39, 0.29) is 5.76 Å². The first kappa shape index (κ1) is 11.4. The highest BCUT2D eigenvalue weighted by Crippen LogP contribution is 2.14. The normalized spacial score (nSPS) is 10.6. The standard InChI is InChI=1S/C11H12N2O4/c1-7-4-9(17-10(7)11(14)15)6-12-5-8-2-3-16-13-8/h2-4,12H,5-6H2,1H3,(H,14,15). The van der Waals surface area contributed by atoms with E-state index in [1.54, 1.807) is 19.1 Å². The van der Waals surface area contributed by atoms with Crippen LogP contribution >= 0.6 is 0 Å². The molecule has 0 aromatic carbocycles. The van der Waals surface area contributed by atoms with Crippen molar-refractivity contribution >= 4 is 5.97 Å². The summed E-state index contributed by atoms with van der Waals surface area (Å²) in [6.07, 6.45) is 1.50. The van der Waals surface area contributed by atoms with Crippen LogP contribution in [0.15, 0.2) is 27.3 Å². The van der Waals surface area contributed by atoms with Crippen LogP contribution in [0.4, 0.5) is 0 Å². The lowest BCUT2D eigenvalue weighted by Gasteiger charge is -1.98. The summed E-state index contributed by atoms with van der Waals surface area (Å²) in [6.45, 7) is 2.69. The molecule has 0 amide bonds. The second-order valence-electron chi connectivity index (χ2n) is 3.62. The zero-order valence-electron chi connectivity index (χ0n) is 9.27. The molecule has 6 heteroatoms. The van der Waals surface area contributed by atoms with Gasteiger partial charge in [0.25, 0.3) is 0 Å². The third-order valence-corrected chi connectivity index (χ3v) is 2.26. The molecule has 0 aliphatic rings. The fraction of sp³-hybridized carbons (Fsp3) is 0.273. The first-order chi connectivity index (χ1) is 8.16. The Morgan fingerprint density at radius 2 is 2.35 bits per heavy atom. The highest BCUT2D eigenvalue weighted by Gasteiger charge is 2.13. The molecular weight excluding hydrogens is 224 g/mol. The quantitative estimate of drug-likeness (QED) is 0.819. The third-order valence-electron chi connectivity index (χ3n) is 2.26. The highest BCUT2D eigenvalue weighted by atomic mass is 16.5. The van der Waals surface area contributed by atoms with Gasteiger partial charge in [0.05, 0.1) is 12.2 Å². The number of furan rings is 1. The molecule has 2 N–H and O–H groups in total. The lowest BCUT2D eigenvalue weighted by Crippen LogP contribution is -2.12. The van der Waals surface area contributed by atoms with Crippen LogP contribution in [0.3, 0.4) is 0 Å². The molecular formula is C11H12N2O4. The monoisotopic (exact) mass is 236 g/mol. The number of aromatic nitrogens is 1. The van der Waals surface area contributed by atoms with Crippen molar-refractivity contribution in [3.63, 3.8) is 0 Å². The van der Waals surface area contributed by atoms with Crippen LogP contribution in [0.1, 0.15) is 27.6 Å². The molecule has 0 aliphatic carbocycles. The van der Waals surface area contributed by atoms with Crippen LogP contribution in [0.5, 0.6) is 0 Å². The van der Waals surface area contributed by atoms with E-state index < -0.39 is 5.97 Å². The van der Waals surface area contributed by atoms with Crippen molar-refractivity contribution in [3.8, 4) is 0 Å². The van der Waals surface area contributed by atoms with Gasteiger partial charge in [-0.15, -0.1) is 0 Å². The Bertz CT molecular complexity index is 502. The van der Waals surface area contributed by atoms with Crippen molar-refractivity contribution < 1.29 is 18.8 Å². The number of carboxylic acids is 1. The van der Waals surface area contributed by atoms with E-state index in [1.807, 2.05) is 0 Å². The Labute approximate surface area is 97.2 Å². The number of hydrogen-bond acceptors (Lipinski definition) is 5. The molecule has 0 saturated carbocycles. The number of aryl methyl sites for hydroxylation is 1. The number of carbonyl (C=O) groups is 1. The van der Waals surface area contributed by atoms with Crippen LogP contribution in [0, 0.1) is 6.92 Å². The van der Waals surface area contributed by atoms with Gasteiger partial charge >= 0.3 is 5.97 Å². The van der Waals surface area contributed by atoms with Gasteiger partial charge in [0.2, 0.25) is 5.76 Å². The second-order valence-corrected chi connectivity index (χ2v) is 3.62. The SMILES string of the molecule is Cc1cc(CNCc2ccon2)oc1C(=O)O. The largest absolute Gasteiger partial charge is 0.475 e. The highest BCUT2D eigenvalue weighted by molar-refractivity contribution is 5.86. The van der Waals surface area contributed by atoms with Crippen LogP contribution in [0.2, 0.25) is 0 Å². The average molecular weight is 236 g/mol. The van der Waals surface area contributed by atoms with E-state index in [4.69, 9.17) is 9.52 Å². The summed E-state index contributed by atoms with van der Waals surface area (Å²) in [6, 6.07) is 3.46. The maximum absolute atomic E-state index is 10.8. The van der Waals surface area contributed by atoms with Crippen molar-refractivity contribution in [3.05, 3.63) is 41.2 Å². The van der Waals surface area contributed by atoms with Crippen molar-refractivity contribution in [1.82, 2.24) is 10.5 Å². The van der Waals surface area contributed by atoms with E-state index in [0.717, 1.165) is 5.69 Å². The molecule has 2 rings (SSSR count). The molecule has 17 heavy (non-hydrogen) atoms. The smallest absolute Gasteiger partial charge is 0.372 e. The molecule has 2 aromatic rings. The van der Waals surface area contributed by atoms with Crippen molar-refractivity contribution in [2.45, 2.75) is 20.0 Å². The Morgan fingerprint density at radius 1 is 1.53 bits per heavy atom. The zero-order valence-corrected chi connectivity index (χ0v) is 9.27. The van der Waals surface area contributed by atoms with Crippen molar-refractivity contribution in [2.75, 3.05) is 0 Å². The third kappa shape index (κ3) is 2.73. The van der Waals surface area contributed by atoms with Gasteiger partial charge in [-0.25, -0.2) is 4.79 Å². The Morgan fingerprint density at radius 3 is 2.94 bits per heavy atom. The molecule has 0 spiro atoms. The number of aromatic carboxylic acids is 1. The minimum Gasteiger partial charge on any atom is -0.475 e. The predicted octanol–water partition coefficient (Wildman–Crippen LogP) is 1.56. The summed E-state index contributed by atoms with van der Waals surface area (Å²) in [7, 11) is 0. The first-order valence-corrected chi connectivity index (χ1v) is 5.09. The summed E-state index contributed by atoms with van der Waals surface area (Å²) in [5.41, 5.74) is 1.41. The second kappa shape index (κ2) is 4.84. The lowest BCUT2D eigenvalue weighted by atomic mass is 10.2. The van der Waals surface area contributed by atoms with E-state index in [1.165, 1.54) is 6.26 Å². The molecule has 2 heterocycles. The van der Waals surface area contributed by atoms with Gasteiger partial charge in [-0.2, -0.15) is 0 Å². The van der Waals surface area contributed by atoms with Gasteiger partial charge in [-0.05, 0) is 13.0 Å². The van der Waals surface area contributed by atoms with E-state index >= 15 is 0 Å². The summed E-state index contributed by atoms with van der Waals surface area (Å²) >= 11 is 0. The molecule has 0 radical (unpaired) electrons. The van der Waals surface area contributed by atoms with Crippen LogP contribution in [-0.2, 0) is 13.1 Å². The maximum atomic E-state index is 10.8. The fourth-order valence-corrected chi connectivity index (χ4v) is 1.49. The summed E-state index contributed by atoms with van der Waals surface area (Å²) in [5.74, 6) is -0.475. The fourth-order valence-electron chi connectivity index (χ4n) is 1.49. The van der Waals surface area contributed by atoms with E-state index in [9.17, 15) is 4.79 Å². The molecule has 6 nitrogen and oxygen atoms in total. The Hall–Kier alpha value is -2.08. The number of rotatable bonds is 5. The Balaban J connectivity index is 1.91. The van der Waals surface area contributed by atoms with Gasteiger partial charge in [0, 0.05) is 18.2 Å². The number of nitrogens with one attached hydrogen (secondary N) is 1. The van der Waals surface area contributed by atoms with Gasteiger partial charge in [0.1, 0.15) is 12.0 Å². The van der Waals surface area contributed by atoms with Gasteiger partial charge < -0.3 is 19.4 Å². The van der Waals surface area contributed by atoms with Crippen LogP contribution < -0.4 is 5.32 Å². The van der Waals surface area contributed by atoms with Crippen molar-refractivity contribution in [1.29, 1.82) is 0 Å². The average Bonchev–Trinajstić information content (AvgIpc) is 2.88. The summed E-state index contributed by atoms with van der Waals surface area (Å²) in [5, 5.41) is 15.6.